The second-order valence-electron chi connectivity index (χ2n) is 5.11. The maximum absolute atomic E-state index is 11.2. The molecule has 0 saturated carbocycles. The molecule has 2 heterocycles. The molecule has 7 heteroatoms. The Bertz CT molecular complexity index is 602. The van der Waals surface area contributed by atoms with Crippen LogP contribution in [0.25, 0.3) is 11.3 Å². The van der Waals surface area contributed by atoms with Gasteiger partial charge in [-0.25, -0.2) is 9.48 Å². The highest BCUT2D eigenvalue weighted by atomic mass is 16.4. The first-order valence-electron chi connectivity index (χ1n) is 6.18. The first-order valence-corrected chi connectivity index (χ1v) is 6.18. The standard InChI is InChI=1S/C13H16N4O3/c1-13(2,20)5-8-17-11(9-3-6-14-7-4-9)10(12(18)19)15-16-17/h3-4,6-7,20H,5,8H2,1-2H3,(H,18,19). The van der Waals surface area contributed by atoms with Crippen molar-refractivity contribution in [1.29, 1.82) is 0 Å². The van der Waals surface area contributed by atoms with Crippen LogP contribution in [0.4, 0.5) is 0 Å². The number of aryl methyl sites for hydroxylation is 1. The van der Waals surface area contributed by atoms with Crippen molar-refractivity contribution in [2.45, 2.75) is 32.4 Å². The zero-order valence-electron chi connectivity index (χ0n) is 11.3. The Balaban J connectivity index is 2.41. The third-order valence-corrected chi connectivity index (χ3v) is 2.83. The molecule has 0 unspecified atom stereocenters. The third kappa shape index (κ3) is 3.18. The number of carboxylic acids is 1. The van der Waals surface area contributed by atoms with Crippen LogP contribution < -0.4 is 0 Å². The number of pyridine rings is 1. The maximum Gasteiger partial charge on any atom is 0.358 e. The topological polar surface area (TPSA) is 101 Å². The molecule has 2 rings (SSSR count). The molecule has 106 valence electrons. The maximum atomic E-state index is 11.2. The van der Waals surface area contributed by atoms with Gasteiger partial charge in [-0.05, 0) is 32.4 Å². The van der Waals surface area contributed by atoms with Crippen molar-refractivity contribution in [3.8, 4) is 11.3 Å². The van der Waals surface area contributed by atoms with Gasteiger partial charge in [0, 0.05) is 24.5 Å². The highest BCUT2D eigenvalue weighted by Crippen LogP contribution is 2.22. The van der Waals surface area contributed by atoms with Crippen molar-refractivity contribution in [3.63, 3.8) is 0 Å². The van der Waals surface area contributed by atoms with Gasteiger partial charge in [0.05, 0.1) is 5.60 Å². The van der Waals surface area contributed by atoms with Crippen molar-refractivity contribution in [1.82, 2.24) is 20.0 Å². The van der Waals surface area contributed by atoms with E-state index in [1.165, 1.54) is 4.68 Å². The van der Waals surface area contributed by atoms with E-state index in [1.807, 2.05) is 0 Å². The largest absolute Gasteiger partial charge is 0.476 e. The number of carbonyl (C=O) groups is 1. The van der Waals surface area contributed by atoms with Crippen molar-refractivity contribution in [3.05, 3.63) is 30.2 Å². The van der Waals surface area contributed by atoms with Crippen LogP contribution in [0.3, 0.4) is 0 Å². The van der Waals surface area contributed by atoms with Gasteiger partial charge < -0.3 is 10.2 Å². The SMILES string of the molecule is CC(C)(O)CCn1nnc(C(=O)O)c1-c1ccncc1. The minimum absolute atomic E-state index is 0.105. The number of nitrogens with zero attached hydrogens (tertiary/aromatic N) is 4. The molecule has 0 bridgehead atoms. The Labute approximate surface area is 115 Å². The van der Waals surface area contributed by atoms with E-state index in [0.29, 0.717) is 24.2 Å². The fourth-order valence-corrected chi connectivity index (χ4v) is 1.79. The average Bonchev–Trinajstić information content (AvgIpc) is 2.80. The minimum Gasteiger partial charge on any atom is -0.476 e. The van der Waals surface area contributed by atoms with Crippen LogP contribution in [0.5, 0.6) is 0 Å². The van der Waals surface area contributed by atoms with Gasteiger partial charge in [-0.1, -0.05) is 5.21 Å². The molecule has 0 radical (unpaired) electrons. The zero-order valence-corrected chi connectivity index (χ0v) is 11.3. The monoisotopic (exact) mass is 276 g/mol. The Hall–Kier alpha value is -2.28. The molecule has 0 aliphatic carbocycles. The fourth-order valence-electron chi connectivity index (χ4n) is 1.79. The van der Waals surface area contributed by atoms with Gasteiger partial charge in [-0.2, -0.15) is 0 Å². The van der Waals surface area contributed by atoms with E-state index in [0.717, 1.165) is 0 Å². The molecule has 2 N–H and O–H groups in total. The highest BCUT2D eigenvalue weighted by molar-refractivity contribution is 5.92. The van der Waals surface area contributed by atoms with Gasteiger partial charge in [0.1, 0.15) is 5.69 Å². The lowest BCUT2D eigenvalue weighted by Gasteiger charge is -2.17. The van der Waals surface area contributed by atoms with Crippen molar-refractivity contribution in [2.24, 2.45) is 0 Å². The lowest BCUT2D eigenvalue weighted by atomic mass is 10.1. The first kappa shape index (κ1) is 14.1. The van der Waals surface area contributed by atoms with Crippen molar-refractivity contribution < 1.29 is 15.0 Å². The number of hydrogen-bond acceptors (Lipinski definition) is 5. The van der Waals surface area contributed by atoms with E-state index in [1.54, 1.807) is 38.4 Å². The van der Waals surface area contributed by atoms with Gasteiger partial charge in [-0.3, -0.25) is 4.98 Å². The van der Waals surface area contributed by atoms with Gasteiger partial charge in [0.15, 0.2) is 5.69 Å². The number of aliphatic hydroxyl groups is 1. The van der Waals surface area contributed by atoms with Crippen LogP contribution >= 0.6 is 0 Å². The van der Waals surface area contributed by atoms with Gasteiger partial charge >= 0.3 is 5.97 Å². The number of aromatic carboxylic acids is 1. The fraction of sp³-hybridized carbons (Fsp3) is 0.385. The summed E-state index contributed by atoms with van der Waals surface area (Å²) in [7, 11) is 0. The minimum atomic E-state index is -1.13. The van der Waals surface area contributed by atoms with Crippen LogP contribution in [0.2, 0.25) is 0 Å². The van der Waals surface area contributed by atoms with Gasteiger partial charge in [0.2, 0.25) is 0 Å². The lowest BCUT2D eigenvalue weighted by molar-refractivity contribution is 0.0650. The smallest absolute Gasteiger partial charge is 0.358 e. The summed E-state index contributed by atoms with van der Waals surface area (Å²) in [5, 5.41) is 26.5. The van der Waals surface area contributed by atoms with Crippen molar-refractivity contribution >= 4 is 5.97 Å². The first-order chi connectivity index (χ1) is 9.38. The normalized spacial score (nSPS) is 11.6. The van der Waals surface area contributed by atoms with Crippen LogP contribution in [0.15, 0.2) is 24.5 Å². The number of carboxylic acid groups (broad SMARTS) is 1. The molecule has 0 amide bonds. The highest BCUT2D eigenvalue weighted by Gasteiger charge is 2.22. The zero-order chi connectivity index (χ0) is 14.8. The van der Waals surface area contributed by atoms with E-state index in [4.69, 9.17) is 0 Å². The Morgan fingerprint density at radius 2 is 2.00 bits per heavy atom. The quantitative estimate of drug-likeness (QED) is 0.851. The Morgan fingerprint density at radius 1 is 1.35 bits per heavy atom. The van der Waals surface area contributed by atoms with E-state index < -0.39 is 11.6 Å². The second-order valence-corrected chi connectivity index (χ2v) is 5.11. The number of rotatable bonds is 5. The molecule has 0 atom stereocenters. The van der Waals surface area contributed by atoms with E-state index >= 15 is 0 Å². The number of hydrogen-bond donors (Lipinski definition) is 2. The number of aromatic nitrogens is 4. The third-order valence-electron chi connectivity index (χ3n) is 2.83. The predicted molar refractivity (Wildman–Crippen MR) is 71.1 cm³/mol. The van der Waals surface area contributed by atoms with Gasteiger partial charge in [0.25, 0.3) is 0 Å². The van der Waals surface area contributed by atoms with Crippen LogP contribution in [-0.2, 0) is 6.54 Å². The average molecular weight is 276 g/mol. The molecular weight excluding hydrogens is 260 g/mol. The Morgan fingerprint density at radius 3 is 2.55 bits per heavy atom. The molecule has 2 aromatic rings. The molecule has 0 fully saturated rings. The summed E-state index contributed by atoms with van der Waals surface area (Å²) in [6.45, 7) is 3.75. The predicted octanol–water partition coefficient (Wildman–Crippen LogP) is 1.20. The molecule has 2 aromatic heterocycles. The van der Waals surface area contributed by atoms with Gasteiger partial charge in [-0.15, -0.1) is 5.10 Å². The van der Waals surface area contributed by atoms with Crippen LogP contribution in [0, 0.1) is 0 Å². The molecule has 0 aliphatic rings. The van der Waals surface area contributed by atoms with E-state index in [9.17, 15) is 15.0 Å². The summed E-state index contributed by atoms with van der Waals surface area (Å²) in [5.41, 5.74) is 0.138. The molecule has 0 aliphatic heterocycles. The summed E-state index contributed by atoms with van der Waals surface area (Å²) in [6.07, 6.45) is 3.59. The van der Waals surface area contributed by atoms with E-state index in [-0.39, 0.29) is 5.69 Å². The van der Waals surface area contributed by atoms with E-state index in [2.05, 4.69) is 15.3 Å². The van der Waals surface area contributed by atoms with Crippen LogP contribution in [-0.4, -0.2) is 41.8 Å². The molecule has 7 nitrogen and oxygen atoms in total. The summed E-state index contributed by atoms with van der Waals surface area (Å²) in [5.74, 6) is -1.13. The summed E-state index contributed by atoms with van der Waals surface area (Å²) in [4.78, 5) is 15.1. The molecule has 20 heavy (non-hydrogen) atoms. The van der Waals surface area contributed by atoms with Crippen LogP contribution in [0.1, 0.15) is 30.8 Å². The second kappa shape index (κ2) is 5.38. The lowest BCUT2D eigenvalue weighted by Crippen LogP contribution is -2.21. The molecule has 0 aromatic carbocycles. The van der Waals surface area contributed by atoms with Crippen molar-refractivity contribution in [2.75, 3.05) is 0 Å². The summed E-state index contributed by atoms with van der Waals surface area (Å²) in [6, 6.07) is 3.40. The summed E-state index contributed by atoms with van der Waals surface area (Å²) < 4.78 is 1.50. The summed E-state index contributed by atoms with van der Waals surface area (Å²) >= 11 is 0. The molecular formula is C13H16N4O3. The molecule has 0 spiro atoms. The molecule has 0 saturated heterocycles. The Kier molecular flexibility index (Phi) is 3.80.